The molecule has 1 saturated heterocycles. The van der Waals surface area contributed by atoms with Crippen LogP contribution in [-0.4, -0.2) is 34.1 Å². The zero-order valence-electron chi connectivity index (χ0n) is 15.0. The molecule has 1 aromatic carbocycles. The molecule has 1 aliphatic heterocycles. The van der Waals surface area contributed by atoms with Crippen LogP contribution in [0.15, 0.2) is 45.8 Å². The van der Waals surface area contributed by atoms with E-state index in [0.29, 0.717) is 31.4 Å². The van der Waals surface area contributed by atoms with Crippen LogP contribution in [0.2, 0.25) is 0 Å². The standard InChI is InChI=1S/C20H22BrN3O3/c21-14-7-8-16-18(12-14)24(20(26)17-5-1-9-23(16)17)10-2-6-19(25)22-13-15-4-3-11-27-15/h1,5,7-9,12,15H,2-4,6,10-11,13H2,(H,22,25)/t15-/m0/s1. The molecule has 3 aromatic rings. The zero-order valence-corrected chi connectivity index (χ0v) is 16.6. The van der Waals surface area contributed by atoms with Gasteiger partial charge >= 0.3 is 0 Å². The molecule has 0 bridgehead atoms. The molecule has 2 aromatic heterocycles. The minimum Gasteiger partial charge on any atom is -0.376 e. The summed E-state index contributed by atoms with van der Waals surface area (Å²) in [5, 5.41) is 2.93. The summed E-state index contributed by atoms with van der Waals surface area (Å²) in [6.45, 7) is 1.86. The Bertz CT molecular complexity index is 1030. The number of rotatable bonds is 6. The van der Waals surface area contributed by atoms with Gasteiger partial charge in [0.1, 0.15) is 5.52 Å². The summed E-state index contributed by atoms with van der Waals surface area (Å²) in [7, 11) is 0. The number of hydrogen-bond donors (Lipinski definition) is 1. The van der Waals surface area contributed by atoms with Crippen molar-refractivity contribution in [3.63, 3.8) is 0 Å². The lowest BCUT2D eigenvalue weighted by Crippen LogP contribution is -2.32. The fraction of sp³-hybridized carbons (Fsp3) is 0.400. The van der Waals surface area contributed by atoms with E-state index in [2.05, 4.69) is 21.2 Å². The molecule has 142 valence electrons. The van der Waals surface area contributed by atoms with Gasteiger partial charge in [0.05, 0.1) is 17.1 Å². The Hall–Kier alpha value is -2.12. The van der Waals surface area contributed by atoms with E-state index >= 15 is 0 Å². The fourth-order valence-electron chi connectivity index (χ4n) is 3.67. The van der Waals surface area contributed by atoms with E-state index in [9.17, 15) is 9.59 Å². The second kappa shape index (κ2) is 7.86. The predicted molar refractivity (Wildman–Crippen MR) is 108 cm³/mol. The van der Waals surface area contributed by atoms with E-state index in [-0.39, 0.29) is 17.6 Å². The lowest BCUT2D eigenvalue weighted by Gasteiger charge is -2.14. The second-order valence-corrected chi connectivity index (χ2v) is 7.81. The lowest BCUT2D eigenvalue weighted by atomic mass is 10.2. The third kappa shape index (κ3) is 3.80. The molecular weight excluding hydrogens is 410 g/mol. The highest BCUT2D eigenvalue weighted by Crippen LogP contribution is 2.20. The van der Waals surface area contributed by atoms with Gasteiger partial charge in [0, 0.05) is 36.8 Å². The van der Waals surface area contributed by atoms with Crippen LogP contribution in [0.3, 0.4) is 0 Å². The third-order valence-corrected chi connectivity index (χ3v) is 5.53. The van der Waals surface area contributed by atoms with E-state index in [4.69, 9.17) is 4.74 Å². The summed E-state index contributed by atoms with van der Waals surface area (Å²) in [5.74, 6) is 0.00722. The Morgan fingerprint density at radius 2 is 2.15 bits per heavy atom. The number of benzene rings is 1. The number of carbonyl (C=O) groups excluding carboxylic acids is 1. The number of carbonyl (C=O) groups is 1. The van der Waals surface area contributed by atoms with Gasteiger partial charge in [-0.2, -0.15) is 0 Å². The number of aryl methyl sites for hydroxylation is 1. The molecule has 6 nitrogen and oxygen atoms in total. The maximum atomic E-state index is 12.9. The normalized spacial score (nSPS) is 17.0. The van der Waals surface area contributed by atoms with Crippen LogP contribution < -0.4 is 10.9 Å². The van der Waals surface area contributed by atoms with Crippen LogP contribution in [-0.2, 0) is 16.1 Å². The molecule has 0 saturated carbocycles. The largest absolute Gasteiger partial charge is 0.376 e. The molecular formula is C20H22BrN3O3. The third-order valence-electron chi connectivity index (χ3n) is 5.04. The van der Waals surface area contributed by atoms with E-state index in [1.165, 1.54) is 0 Å². The summed E-state index contributed by atoms with van der Waals surface area (Å²) in [6, 6.07) is 9.62. The van der Waals surface area contributed by atoms with Crippen molar-refractivity contribution in [1.82, 2.24) is 14.3 Å². The molecule has 1 amide bonds. The number of nitrogens with one attached hydrogen (secondary N) is 1. The first kappa shape index (κ1) is 18.3. The van der Waals surface area contributed by atoms with Crippen molar-refractivity contribution in [1.29, 1.82) is 0 Å². The first-order valence-corrected chi connectivity index (χ1v) is 10.1. The molecule has 1 aliphatic rings. The highest BCUT2D eigenvalue weighted by molar-refractivity contribution is 9.10. The Balaban J connectivity index is 1.49. The first-order valence-electron chi connectivity index (χ1n) is 9.31. The fourth-order valence-corrected chi connectivity index (χ4v) is 4.02. The van der Waals surface area contributed by atoms with Gasteiger partial charge in [0.15, 0.2) is 0 Å². The highest BCUT2D eigenvalue weighted by atomic mass is 79.9. The van der Waals surface area contributed by atoms with Crippen LogP contribution >= 0.6 is 15.9 Å². The number of aromatic nitrogens is 2. The molecule has 1 atom stereocenters. The molecule has 27 heavy (non-hydrogen) atoms. The van der Waals surface area contributed by atoms with Gasteiger partial charge < -0.3 is 19.0 Å². The summed E-state index contributed by atoms with van der Waals surface area (Å²) < 4.78 is 10.1. The highest BCUT2D eigenvalue weighted by Gasteiger charge is 2.16. The number of nitrogens with zero attached hydrogens (tertiary/aromatic N) is 2. The average Bonchev–Trinajstić information content (AvgIpc) is 3.34. The average molecular weight is 432 g/mol. The molecule has 7 heteroatoms. The molecule has 0 radical (unpaired) electrons. The van der Waals surface area contributed by atoms with Gasteiger partial charge in [0.25, 0.3) is 5.56 Å². The molecule has 3 heterocycles. The van der Waals surface area contributed by atoms with E-state index in [1.54, 1.807) is 4.57 Å². The van der Waals surface area contributed by atoms with Crippen LogP contribution in [0.1, 0.15) is 25.7 Å². The summed E-state index contributed by atoms with van der Waals surface area (Å²) in [5.41, 5.74) is 2.44. The van der Waals surface area contributed by atoms with E-state index in [1.807, 2.05) is 40.9 Å². The SMILES string of the molecule is O=C(CCCn1c(=O)c2cccn2c2ccc(Br)cc21)NC[C@@H]1CCCO1. The van der Waals surface area contributed by atoms with Gasteiger partial charge in [-0.1, -0.05) is 15.9 Å². The monoisotopic (exact) mass is 431 g/mol. The van der Waals surface area contributed by atoms with E-state index < -0.39 is 0 Å². The van der Waals surface area contributed by atoms with Crippen molar-refractivity contribution in [3.05, 3.63) is 51.4 Å². The van der Waals surface area contributed by atoms with Crippen LogP contribution in [0.25, 0.3) is 16.6 Å². The minimum absolute atomic E-state index is 0.00722. The van der Waals surface area contributed by atoms with Crippen molar-refractivity contribution < 1.29 is 9.53 Å². The van der Waals surface area contributed by atoms with Gasteiger partial charge in [-0.25, -0.2) is 0 Å². The van der Waals surface area contributed by atoms with Crippen LogP contribution in [0.5, 0.6) is 0 Å². The lowest BCUT2D eigenvalue weighted by molar-refractivity contribution is -0.121. The maximum Gasteiger partial charge on any atom is 0.275 e. The van der Waals surface area contributed by atoms with Gasteiger partial charge in [-0.3, -0.25) is 9.59 Å². The van der Waals surface area contributed by atoms with Gasteiger partial charge in [0.2, 0.25) is 5.91 Å². The molecule has 1 fully saturated rings. The Morgan fingerprint density at radius 1 is 1.26 bits per heavy atom. The molecule has 4 rings (SSSR count). The number of ether oxygens (including phenoxy) is 1. The number of amides is 1. The van der Waals surface area contributed by atoms with Crippen molar-refractivity contribution in [3.8, 4) is 0 Å². The molecule has 0 spiro atoms. The number of fused-ring (bicyclic) bond motifs is 3. The molecule has 0 aliphatic carbocycles. The Morgan fingerprint density at radius 3 is 2.96 bits per heavy atom. The predicted octanol–water partition coefficient (Wildman–Crippen LogP) is 3.09. The van der Waals surface area contributed by atoms with Crippen LogP contribution in [0.4, 0.5) is 0 Å². The molecule has 0 unspecified atom stereocenters. The van der Waals surface area contributed by atoms with Crippen molar-refractivity contribution in [2.24, 2.45) is 0 Å². The topological polar surface area (TPSA) is 64.7 Å². The maximum absolute atomic E-state index is 12.9. The summed E-state index contributed by atoms with van der Waals surface area (Å²) in [6.07, 6.45) is 5.11. The minimum atomic E-state index is -0.0367. The first-order chi connectivity index (χ1) is 13.1. The number of hydrogen-bond acceptors (Lipinski definition) is 3. The smallest absolute Gasteiger partial charge is 0.275 e. The van der Waals surface area contributed by atoms with Crippen molar-refractivity contribution in [2.75, 3.05) is 13.2 Å². The van der Waals surface area contributed by atoms with E-state index in [0.717, 1.165) is 35.0 Å². The Kier molecular flexibility index (Phi) is 5.31. The molecule has 1 N–H and O–H groups in total. The number of halogens is 1. The van der Waals surface area contributed by atoms with Crippen molar-refractivity contribution >= 4 is 38.4 Å². The van der Waals surface area contributed by atoms with Crippen LogP contribution in [0, 0.1) is 0 Å². The summed E-state index contributed by atoms with van der Waals surface area (Å²) >= 11 is 3.49. The van der Waals surface area contributed by atoms with Gasteiger partial charge in [-0.05, 0) is 49.6 Å². The Labute approximate surface area is 165 Å². The van der Waals surface area contributed by atoms with Crippen molar-refractivity contribution in [2.45, 2.75) is 38.3 Å². The summed E-state index contributed by atoms with van der Waals surface area (Å²) in [4.78, 5) is 25.0. The quantitative estimate of drug-likeness (QED) is 0.651. The zero-order chi connectivity index (χ0) is 18.8. The second-order valence-electron chi connectivity index (χ2n) is 6.90. The van der Waals surface area contributed by atoms with Gasteiger partial charge in [-0.15, -0.1) is 0 Å².